The number of nitrogens with zero attached hydrogens (tertiary/aromatic N) is 2. The van der Waals surface area contributed by atoms with Crippen molar-refractivity contribution >= 4 is 28.2 Å². The van der Waals surface area contributed by atoms with Gasteiger partial charge in [0.05, 0.1) is 11.5 Å². The molecule has 0 amide bonds. The molecule has 4 nitrogen and oxygen atoms in total. The first-order valence-electron chi connectivity index (χ1n) is 6.12. The van der Waals surface area contributed by atoms with Gasteiger partial charge < -0.3 is 4.57 Å². The smallest absolute Gasteiger partial charge is 0.274 e. The molecule has 0 radical (unpaired) electrons. The normalized spacial score (nSPS) is 10.8. The molecule has 0 aliphatic rings. The van der Waals surface area contributed by atoms with Gasteiger partial charge in [-0.3, -0.25) is 10.1 Å². The molecule has 0 aliphatic carbocycles. The van der Waals surface area contributed by atoms with E-state index >= 15 is 0 Å². The lowest BCUT2D eigenvalue weighted by Crippen LogP contribution is -2.01. The molecule has 1 heterocycles. The summed E-state index contributed by atoms with van der Waals surface area (Å²) in [6, 6.07) is 14.4. The van der Waals surface area contributed by atoms with Crippen LogP contribution in [0.4, 0.5) is 5.69 Å². The van der Waals surface area contributed by atoms with Gasteiger partial charge in [0.1, 0.15) is 0 Å². The van der Waals surface area contributed by atoms with Gasteiger partial charge in [-0.05, 0) is 18.2 Å². The SMILES string of the molecule is O=[N+]([O-])c1ccccc1Cn1ccc2c(Cl)cccc21. The molecule has 5 heteroatoms. The van der Waals surface area contributed by atoms with Crippen molar-refractivity contribution in [2.45, 2.75) is 6.54 Å². The Bertz CT molecular complexity index is 795. The van der Waals surface area contributed by atoms with Crippen LogP contribution >= 0.6 is 11.6 Å². The van der Waals surface area contributed by atoms with E-state index in [-0.39, 0.29) is 10.6 Å². The van der Waals surface area contributed by atoms with E-state index in [9.17, 15) is 10.1 Å². The fraction of sp³-hybridized carbons (Fsp3) is 0.0667. The summed E-state index contributed by atoms with van der Waals surface area (Å²) in [6.07, 6.45) is 1.90. The summed E-state index contributed by atoms with van der Waals surface area (Å²) in [4.78, 5) is 10.7. The highest BCUT2D eigenvalue weighted by atomic mass is 35.5. The minimum atomic E-state index is -0.353. The number of halogens is 1. The molecule has 0 fully saturated rings. The fourth-order valence-corrected chi connectivity index (χ4v) is 2.56. The molecule has 0 N–H and O–H groups in total. The van der Waals surface area contributed by atoms with Crippen LogP contribution in [0.1, 0.15) is 5.56 Å². The summed E-state index contributed by atoms with van der Waals surface area (Å²) in [5.41, 5.74) is 1.78. The topological polar surface area (TPSA) is 48.1 Å². The highest BCUT2D eigenvalue weighted by Gasteiger charge is 2.13. The van der Waals surface area contributed by atoms with Crippen LogP contribution in [0.25, 0.3) is 10.9 Å². The monoisotopic (exact) mass is 286 g/mol. The lowest BCUT2D eigenvalue weighted by atomic mass is 10.2. The molecule has 0 saturated heterocycles. The van der Waals surface area contributed by atoms with E-state index in [1.165, 1.54) is 6.07 Å². The molecule has 100 valence electrons. The molecule has 0 spiro atoms. The Labute approximate surface area is 120 Å². The lowest BCUT2D eigenvalue weighted by molar-refractivity contribution is -0.385. The molecule has 0 aliphatic heterocycles. The maximum atomic E-state index is 11.0. The number of hydrogen-bond donors (Lipinski definition) is 0. The van der Waals surface area contributed by atoms with Crippen LogP contribution in [-0.4, -0.2) is 9.49 Å². The number of nitro benzene ring substituents is 1. The van der Waals surface area contributed by atoms with Crippen LogP contribution in [0.2, 0.25) is 5.02 Å². The lowest BCUT2D eigenvalue weighted by Gasteiger charge is -2.06. The molecule has 20 heavy (non-hydrogen) atoms. The minimum Gasteiger partial charge on any atom is -0.343 e. The van der Waals surface area contributed by atoms with E-state index in [0.29, 0.717) is 17.1 Å². The number of aromatic nitrogens is 1. The Morgan fingerprint density at radius 3 is 2.70 bits per heavy atom. The largest absolute Gasteiger partial charge is 0.343 e. The van der Waals surface area contributed by atoms with Gasteiger partial charge in [-0.2, -0.15) is 0 Å². The molecular weight excluding hydrogens is 276 g/mol. The van der Waals surface area contributed by atoms with Gasteiger partial charge in [0.25, 0.3) is 5.69 Å². The maximum Gasteiger partial charge on any atom is 0.274 e. The number of para-hydroxylation sites is 1. The van der Waals surface area contributed by atoms with Crippen molar-refractivity contribution in [2.75, 3.05) is 0 Å². The van der Waals surface area contributed by atoms with Crippen molar-refractivity contribution < 1.29 is 4.92 Å². The molecular formula is C15H11ClN2O2. The van der Waals surface area contributed by atoms with Crippen LogP contribution in [0, 0.1) is 10.1 Å². The highest BCUT2D eigenvalue weighted by molar-refractivity contribution is 6.35. The van der Waals surface area contributed by atoms with Crippen molar-refractivity contribution in [3.8, 4) is 0 Å². The molecule has 0 unspecified atom stereocenters. The van der Waals surface area contributed by atoms with Crippen LogP contribution in [0.3, 0.4) is 0 Å². The van der Waals surface area contributed by atoms with Gasteiger partial charge >= 0.3 is 0 Å². The van der Waals surface area contributed by atoms with Crippen LogP contribution in [0.15, 0.2) is 54.7 Å². The molecule has 3 aromatic rings. The van der Waals surface area contributed by atoms with Gasteiger partial charge in [0, 0.05) is 33.8 Å². The average molecular weight is 287 g/mol. The zero-order chi connectivity index (χ0) is 14.1. The van der Waals surface area contributed by atoms with Crippen molar-refractivity contribution in [2.24, 2.45) is 0 Å². The number of hydrogen-bond acceptors (Lipinski definition) is 2. The summed E-state index contributed by atoms with van der Waals surface area (Å²) < 4.78 is 1.96. The number of benzene rings is 2. The van der Waals surface area contributed by atoms with Gasteiger partial charge in [-0.1, -0.05) is 35.9 Å². The standard InChI is InChI=1S/C15H11ClN2O2/c16-13-5-3-7-15-12(13)8-9-17(15)10-11-4-1-2-6-14(11)18(19)20/h1-9H,10H2. The van der Waals surface area contributed by atoms with E-state index in [1.54, 1.807) is 18.2 Å². The maximum absolute atomic E-state index is 11.0. The molecule has 1 aromatic heterocycles. The van der Waals surface area contributed by atoms with E-state index in [1.807, 2.05) is 35.0 Å². The van der Waals surface area contributed by atoms with Crippen molar-refractivity contribution in [3.63, 3.8) is 0 Å². The number of rotatable bonds is 3. The second-order valence-corrected chi connectivity index (χ2v) is 4.91. The first-order chi connectivity index (χ1) is 9.66. The fourth-order valence-electron chi connectivity index (χ4n) is 2.33. The van der Waals surface area contributed by atoms with Crippen LogP contribution in [-0.2, 0) is 6.54 Å². The molecule has 0 bridgehead atoms. The Balaban J connectivity index is 2.06. The zero-order valence-electron chi connectivity index (χ0n) is 10.5. The molecule has 2 aromatic carbocycles. The second kappa shape index (κ2) is 4.98. The van der Waals surface area contributed by atoms with Crippen LogP contribution < -0.4 is 0 Å². The zero-order valence-corrected chi connectivity index (χ0v) is 11.2. The van der Waals surface area contributed by atoms with Crippen molar-refractivity contribution in [1.82, 2.24) is 4.57 Å². The third-order valence-electron chi connectivity index (χ3n) is 3.29. The summed E-state index contributed by atoms with van der Waals surface area (Å²) in [7, 11) is 0. The first-order valence-corrected chi connectivity index (χ1v) is 6.50. The quantitative estimate of drug-likeness (QED) is 0.534. The molecule has 3 rings (SSSR count). The van der Waals surface area contributed by atoms with Crippen LogP contribution in [0.5, 0.6) is 0 Å². The summed E-state index contributed by atoms with van der Waals surface area (Å²) in [5.74, 6) is 0. The van der Waals surface area contributed by atoms with Crippen molar-refractivity contribution in [3.05, 3.63) is 75.4 Å². The predicted octanol–water partition coefficient (Wildman–Crippen LogP) is 4.25. The highest BCUT2D eigenvalue weighted by Crippen LogP contribution is 2.26. The second-order valence-electron chi connectivity index (χ2n) is 4.50. The third-order valence-corrected chi connectivity index (χ3v) is 3.62. The van der Waals surface area contributed by atoms with Gasteiger partial charge in [0.2, 0.25) is 0 Å². The molecule has 0 saturated carbocycles. The number of fused-ring (bicyclic) bond motifs is 1. The summed E-state index contributed by atoms with van der Waals surface area (Å²) in [6.45, 7) is 0.445. The van der Waals surface area contributed by atoms with E-state index in [4.69, 9.17) is 11.6 Å². The first kappa shape index (κ1) is 12.7. The number of nitro groups is 1. The Kier molecular flexibility index (Phi) is 3.16. The van der Waals surface area contributed by atoms with Crippen molar-refractivity contribution in [1.29, 1.82) is 0 Å². The molecule has 0 atom stereocenters. The van der Waals surface area contributed by atoms with E-state index in [0.717, 1.165) is 10.9 Å². The minimum absolute atomic E-state index is 0.136. The van der Waals surface area contributed by atoms with Gasteiger partial charge in [-0.25, -0.2) is 0 Å². The average Bonchev–Trinajstić information content (AvgIpc) is 2.84. The van der Waals surface area contributed by atoms with Gasteiger partial charge in [-0.15, -0.1) is 0 Å². The Morgan fingerprint density at radius 1 is 1.10 bits per heavy atom. The third kappa shape index (κ3) is 2.14. The Morgan fingerprint density at radius 2 is 1.90 bits per heavy atom. The summed E-state index contributed by atoms with van der Waals surface area (Å²) in [5, 5.41) is 12.7. The predicted molar refractivity (Wildman–Crippen MR) is 79.1 cm³/mol. The van der Waals surface area contributed by atoms with Gasteiger partial charge in [0.15, 0.2) is 0 Å². The van der Waals surface area contributed by atoms with E-state index < -0.39 is 0 Å². The van der Waals surface area contributed by atoms with E-state index in [2.05, 4.69) is 0 Å². The summed E-state index contributed by atoms with van der Waals surface area (Å²) >= 11 is 6.13. The Hall–Kier alpha value is -2.33.